The molecule has 0 fully saturated rings. The summed E-state index contributed by atoms with van der Waals surface area (Å²) in [5, 5.41) is 1.02. The van der Waals surface area contributed by atoms with Gasteiger partial charge in [0.1, 0.15) is 17.9 Å². The van der Waals surface area contributed by atoms with Gasteiger partial charge in [0.05, 0.1) is 0 Å². The van der Waals surface area contributed by atoms with Crippen molar-refractivity contribution in [3.63, 3.8) is 0 Å². The molecule has 0 aliphatic heterocycles. The van der Waals surface area contributed by atoms with Gasteiger partial charge in [0.25, 0.3) is 0 Å². The highest BCUT2D eigenvalue weighted by molar-refractivity contribution is 5.73. The van der Waals surface area contributed by atoms with Crippen LogP contribution in [0.2, 0.25) is 0 Å². The van der Waals surface area contributed by atoms with Crippen molar-refractivity contribution in [1.29, 1.82) is 0 Å². The Kier molecular flexibility index (Phi) is 6.33. The molecule has 3 N–H and O–H groups in total. The van der Waals surface area contributed by atoms with Gasteiger partial charge >= 0.3 is 6.09 Å². The fourth-order valence-corrected chi connectivity index (χ4v) is 1.81. The Bertz CT molecular complexity index is 457. The van der Waals surface area contributed by atoms with Gasteiger partial charge < -0.3 is 9.53 Å². The number of ether oxygens (including phenoxy) is 1. The molecule has 0 unspecified atom stereocenters. The Balaban J connectivity index is 2.67. The van der Waals surface area contributed by atoms with Crippen molar-refractivity contribution >= 4 is 12.4 Å². The lowest BCUT2D eigenvalue weighted by molar-refractivity contribution is -0.114. The largest absolute Gasteiger partial charge is 0.443 e. The minimum Gasteiger partial charge on any atom is -0.443 e. The predicted octanol–water partition coefficient (Wildman–Crippen LogP) is 1.80. The molecule has 1 amide bonds. The van der Waals surface area contributed by atoms with Gasteiger partial charge in [0, 0.05) is 0 Å². The Labute approximate surface area is 125 Å². The van der Waals surface area contributed by atoms with E-state index in [1.54, 1.807) is 20.8 Å². The van der Waals surface area contributed by atoms with Gasteiger partial charge in [-0.25, -0.2) is 9.80 Å². The van der Waals surface area contributed by atoms with Crippen LogP contribution in [0, 0.1) is 0 Å². The minimum absolute atomic E-state index is 0.455. The fourth-order valence-electron chi connectivity index (χ4n) is 1.81. The molecule has 1 atom stereocenters. The topological polar surface area (TPSA) is 84.7 Å². The van der Waals surface area contributed by atoms with E-state index in [1.807, 2.05) is 30.3 Å². The third-order valence-electron chi connectivity index (χ3n) is 2.79. The molecule has 0 spiro atoms. The first-order valence-electron chi connectivity index (χ1n) is 6.85. The number of hydrogen-bond donors (Lipinski definition) is 2. The molecule has 0 aliphatic carbocycles. The fraction of sp³-hybridized carbons (Fsp3) is 0.467. The van der Waals surface area contributed by atoms with Crippen LogP contribution in [0.3, 0.4) is 0 Å². The van der Waals surface area contributed by atoms with E-state index in [0.717, 1.165) is 10.6 Å². The van der Waals surface area contributed by atoms with Crippen molar-refractivity contribution in [2.45, 2.75) is 45.3 Å². The van der Waals surface area contributed by atoms with E-state index in [-0.39, 0.29) is 0 Å². The first kappa shape index (κ1) is 17.1. The second-order valence-corrected chi connectivity index (χ2v) is 5.71. The summed E-state index contributed by atoms with van der Waals surface area (Å²) in [6.07, 6.45) is 1.13. The number of hydrazine groups is 2. The lowest BCUT2D eigenvalue weighted by atomic mass is 10.1. The molecule has 1 aromatic rings. The second kappa shape index (κ2) is 7.75. The van der Waals surface area contributed by atoms with Crippen LogP contribution >= 0.6 is 0 Å². The van der Waals surface area contributed by atoms with Gasteiger partial charge in [0.15, 0.2) is 0 Å². The van der Waals surface area contributed by atoms with Crippen molar-refractivity contribution in [2.24, 2.45) is 5.84 Å². The Morgan fingerprint density at radius 2 is 2.00 bits per heavy atom. The third kappa shape index (κ3) is 5.93. The summed E-state index contributed by atoms with van der Waals surface area (Å²) in [5.74, 6) is 5.35. The number of aldehydes is 1. The molecule has 0 saturated carbocycles. The summed E-state index contributed by atoms with van der Waals surface area (Å²) in [4.78, 5) is 23.3. The van der Waals surface area contributed by atoms with Crippen LogP contribution in [-0.2, 0) is 16.0 Å². The molecular weight excluding hydrogens is 270 g/mol. The zero-order valence-corrected chi connectivity index (χ0v) is 12.7. The number of nitrogens with zero attached hydrogens (tertiary/aromatic N) is 1. The zero-order valence-electron chi connectivity index (χ0n) is 12.7. The molecule has 0 heterocycles. The van der Waals surface area contributed by atoms with Gasteiger partial charge in [-0.1, -0.05) is 30.3 Å². The molecule has 6 heteroatoms. The number of hydrogen-bond acceptors (Lipinski definition) is 5. The molecule has 116 valence electrons. The molecule has 0 saturated heterocycles. The van der Waals surface area contributed by atoms with Crippen LogP contribution in [0.4, 0.5) is 4.79 Å². The maximum Gasteiger partial charge on any atom is 0.426 e. The van der Waals surface area contributed by atoms with Crippen LogP contribution in [-0.4, -0.2) is 29.0 Å². The standard InChI is InChI=1S/C15H23N3O3/c1-15(2,3)21-14(20)18(17-16)13(11-19)10-9-12-7-5-4-6-8-12/h4-8,11,13,17H,9-10,16H2,1-3H3/t13-/m1/s1. The van der Waals surface area contributed by atoms with E-state index in [2.05, 4.69) is 5.53 Å². The SMILES string of the molecule is CC(C)(C)OC(=O)N(NN)[C@@H](C=O)CCc1ccccc1. The smallest absolute Gasteiger partial charge is 0.426 e. The zero-order chi connectivity index (χ0) is 15.9. The van der Waals surface area contributed by atoms with Gasteiger partial charge in [-0.15, -0.1) is 0 Å². The number of carbonyl (C=O) groups is 2. The first-order valence-corrected chi connectivity index (χ1v) is 6.85. The quantitative estimate of drug-likeness (QED) is 0.474. The highest BCUT2D eigenvalue weighted by atomic mass is 16.6. The van der Waals surface area contributed by atoms with Crippen molar-refractivity contribution in [1.82, 2.24) is 10.5 Å². The molecule has 0 aromatic heterocycles. The molecular formula is C15H23N3O3. The van der Waals surface area contributed by atoms with E-state index >= 15 is 0 Å². The van der Waals surface area contributed by atoms with Crippen LogP contribution in [0.25, 0.3) is 0 Å². The maximum absolute atomic E-state index is 12.0. The molecule has 0 aliphatic rings. The Morgan fingerprint density at radius 3 is 2.48 bits per heavy atom. The van der Waals surface area contributed by atoms with Crippen molar-refractivity contribution in [2.75, 3.05) is 0 Å². The average molecular weight is 293 g/mol. The highest BCUT2D eigenvalue weighted by Crippen LogP contribution is 2.12. The van der Waals surface area contributed by atoms with Gasteiger partial charge in [-0.05, 0) is 39.2 Å². The van der Waals surface area contributed by atoms with E-state index in [9.17, 15) is 9.59 Å². The Morgan fingerprint density at radius 1 is 1.38 bits per heavy atom. The van der Waals surface area contributed by atoms with Crippen LogP contribution in [0.1, 0.15) is 32.8 Å². The summed E-state index contributed by atoms with van der Waals surface area (Å²) in [7, 11) is 0. The predicted molar refractivity (Wildman–Crippen MR) is 80.0 cm³/mol. The molecule has 0 radical (unpaired) electrons. The Hall–Kier alpha value is -1.92. The normalized spacial score (nSPS) is 12.6. The summed E-state index contributed by atoms with van der Waals surface area (Å²) in [6, 6.07) is 9.03. The number of nitrogens with two attached hydrogens (primary N) is 1. The number of benzene rings is 1. The lowest BCUT2D eigenvalue weighted by Gasteiger charge is -2.29. The number of amides is 1. The molecule has 1 rings (SSSR count). The maximum atomic E-state index is 12.0. The van der Waals surface area contributed by atoms with Crippen molar-refractivity contribution in [3.05, 3.63) is 35.9 Å². The van der Waals surface area contributed by atoms with Crippen LogP contribution < -0.4 is 11.4 Å². The monoisotopic (exact) mass is 293 g/mol. The van der Waals surface area contributed by atoms with E-state index in [1.165, 1.54) is 0 Å². The van der Waals surface area contributed by atoms with Gasteiger partial charge in [-0.3, -0.25) is 5.84 Å². The van der Waals surface area contributed by atoms with E-state index < -0.39 is 17.7 Å². The third-order valence-corrected chi connectivity index (χ3v) is 2.79. The van der Waals surface area contributed by atoms with E-state index in [0.29, 0.717) is 19.1 Å². The molecule has 0 bridgehead atoms. The van der Waals surface area contributed by atoms with Crippen LogP contribution in [0.5, 0.6) is 0 Å². The summed E-state index contributed by atoms with van der Waals surface area (Å²) in [6.45, 7) is 5.25. The molecule has 6 nitrogen and oxygen atoms in total. The van der Waals surface area contributed by atoms with Crippen LogP contribution in [0.15, 0.2) is 30.3 Å². The van der Waals surface area contributed by atoms with E-state index in [4.69, 9.17) is 10.6 Å². The summed E-state index contributed by atoms with van der Waals surface area (Å²) < 4.78 is 5.21. The molecule has 1 aromatic carbocycles. The summed E-state index contributed by atoms with van der Waals surface area (Å²) >= 11 is 0. The van der Waals surface area contributed by atoms with Gasteiger partial charge in [-0.2, -0.15) is 5.53 Å². The number of carbonyl (C=O) groups excluding carboxylic acids is 2. The molecule has 21 heavy (non-hydrogen) atoms. The minimum atomic E-state index is -0.690. The average Bonchev–Trinajstić information content (AvgIpc) is 2.42. The second-order valence-electron chi connectivity index (χ2n) is 5.71. The number of aryl methyl sites for hydroxylation is 1. The summed E-state index contributed by atoms with van der Waals surface area (Å²) in [5.41, 5.74) is 2.67. The van der Waals surface area contributed by atoms with Crippen molar-refractivity contribution in [3.8, 4) is 0 Å². The lowest BCUT2D eigenvalue weighted by Crippen LogP contribution is -2.54. The highest BCUT2D eigenvalue weighted by Gasteiger charge is 2.27. The number of nitrogens with one attached hydrogen (secondary N) is 1. The number of rotatable bonds is 6. The first-order chi connectivity index (χ1) is 9.87. The van der Waals surface area contributed by atoms with Crippen molar-refractivity contribution < 1.29 is 14.3 Å². The van der Waals surface area contributed by atoms with Gasteiger partial charge in [0.2, 0.25) is 0 Å².